The van der Waals surface area contributed by atoms with Crippen molar-refractivity contribution in [1.29, 1.82) is 0 Å². The van der Waals surface area contributed by atoms with E-state index in [2.05, 4.69) is 5.32 Å². The summed E-state index contributed by atoms with van der Waals surface area (Å²) in [7, 11) is 1.73. The maximum Gasteiger partial charge on any atom is 0.264 e. The second-order valence-electron chi connectivity index (χ2n) is 6.76. The fourth-order valence-corrected chi connectivity index (χ4v) is 3.77. The summed E-state index contributed by atoms with van der Waals surface area (Å²) in [6.45, 7) is 3.41. The highest BCUT2D eigenvalue weighted by Crippen LogP contribution is 2.26. The molecule has 1 heterocycles. The Kier molecular flexibility index (Phi) is 6.24. The highest BCUT2D eigenvalue weighted by Gasteiger charge is 2.21. The molecule has 6 heteroatoms. The van der Waals surface area contributed by atoms with Gasteiger partial charge in [0.2, 0.25) is 0 Å². The number of ketones is 1. The Labute approximate surface area is 174 Å². The van der Waals surface area contributed by atoms with E-state index in [0.29, 0.717) is 21.0 Å². The standard InChI is InChI=1S/C23H22N2O3S/c1-15(25(3)23(28)21-13-12-20(29-21)16(2)26)18-10-7-11-19(14-18)24-22(27)17-8-5-4-6-9-17/h4-15H,1-3H3,(H,24,27)/t15-/m1/s1. The zero-order chi connectivity index (χ0) is 21.0. The van der Waals surface area contributed by atoms with Crippen molar-refractivity contribution in [1.82, 2.24) is 4.90 Å². The molecule has 2 aromatic carbocycles. The Morgan fingerprint density at radius 2 is 1.62 bits per heavy atom. The lowest BCUT2D eigenvalue weighted by Gasteiger charge is -2.25. The van der Waals surface area contributed by atoms with Crippen LogP contribution in [0, 0.1) is 0 Å². The summed E-state index contributed by atoms with van der Waals surface area (Å²) in [6, 6.07) is 19.6. The lowest BCUT2D eigenvalue weighted by atomic mass is 10.1. The zero-order valence-corrected chi connectivity index (χ0v) is 17.3. The Bertz CT molecular complexity index is 1040. The first-order chi connectivity index (χ1) is 13.9. The largest absolute Gasteiger partial charge is 0.334 e. The van der Waals surface area contributed by atoms with E-state index in [0.717, 1.165) is 5.56 Å². The van der Waals surface area contributed by atoms with Crippen molar-refractivity contribution in [3.05, 3.63) is 87.6 Å². The molecule has 29 heavy (non-hydrogen) atoms. The third kappa shape index (κ3) is 4.78. The van der Waals surface area contributed by atoms with Gasteiger partial charge in [0, 0.05) is 18.3 Å². The molecule has 3 aromatic rings. The Balaban J connectivity index is 1.74. The summed E-state index contributed by atoms with van der Waals surface area (Å²) in [6.07, 6.45) is 0. The number of nitrogens with one attached hydrogen (secondary N) is 1. The predicted octanol–water partition coefficient (Wildman–Crippen LogP) is 5.04. The number of benzene rings is 2. The lowest BCUT2D eigenvalue weighted by molar-refractivity contribution is 0.0747. The van der Waals surface area contributed by atoms with Gasteiger partial charge < -0.3 is 10.2 Å². The van der Waals surface area contributed by atoms with Crippen molar-refractivity contribution in [2.45, 2.75) is 19.9 Å². The normalized spacial score (nSPS) is 11.6. The SMILES string of the molecule is CC(=O)c1ccc(C(=O)N(C)[C@H](C)c2cccc(NC(=O)c3ccccc3)c2)s1. The van der Waals surface area contributed by atoms with Gasteiger partial charge in [-0.3, -0.25) is 14.4 Å². The first-order valence-electron chi connectivity index (χ1n) is 9.21. The van der Waals surface area contributed by atoms with Crippen LogP contribution < -0.4 is 5.32 Å². The lowest BCUT2D eigenvalue weighted by Crippen LogP contribution is -2.29. The van der Waals surface area contributed by atoms with Crippen LogP contribution >= 0.6 is 11.3 Å². The second-order valence-corrected chi connectivity index (χ2v) is 7.84. The van der Waals surface area contributed by atoms with Crippen LogP contribution in [-0.2, 0) is 0 Å². The monoisotopic (exact) mass is 406 g/mol. The van der Waals surface area contributed by atoms with Crippen molar-refractivity contribution < 1.29 is 14.4 Å². The average molecular weight is 407 g/mol. The number of anilines is 1. The maximum atomic E-state index is 12.8. The van der Waals surface area contributed by atoms with Crippen molar-refractivity contribution in [2.24, 2.45) is 0 Å². The van der Waals surface area contributed by atoms with Crippen LogP contribution in [0.15, 0.2) is 66.7 Å². The van der Waals surface area contributed by atoms with Crippen LogP contribution in [0.1, 0.15) is 55.2 Å². The molecule has 1 atom stereocenters. The topological polar surface area (TPSA) is 66.5 Å². The molecule has 0 radical (unpaired) electrons. The van der Waals surface area contributed by atoms with Gasteiger partial charge >= 0.3 is 0 Å². The van der Waals surface area contributed by atoms with E-state index in [9.17, 15) is 14.4 Å². The van der Waals surface area contributed by atoms with Crippen LogP contribution in [-0.4, -0.2) is 29.5 Å². The minimum Gasteiger partial charge on any atom is -0.334 e. The van der Waals surface area contributed by atoms with Gasteiger partial charge in [0.25, 0.3) is 11.8 Å². The zero-order valence-electron chi connectivity index (χ0n) is 16.5. The van der Waals surface area contributed by atoms with Gasteiger partial charge in [0.05, 0.1) is 15.8 Å². The van der Waals surface area contributed by atoms with Gasteiger partial charge in [0.1, 0.15) is 0 Å². The number of amides is 2. The highest BCUT2D eigenvalue weighted by atomic mass is 32.1. The van der Waals surface area contributed by atoms with E-state index in [4.69, 9.17) is 0 Å². The molecule has 0 aliphatic rings. The molecule has 0 bridgehead atoms. The van der Waals surface area contributed by atoms with Crippen LogP contribution in [0.4, 0.5) is 5.69 Å². The second kappa shape index (κ2) is 8.84. The molecule has 2 amide bonds. The molecular weight excluding hydrogens is 384 g/mol. The van der Waals surface area contributed by atoms with Crippen molar-refractivity contribution in [3.8, 4) is 0 Å². The molecule has 0 saturated carbocycles. The van der Waals surface area contributed by atoms with Gasteiger partial charge in [0.15, 0.2) is 5.78 Å². The average Bonchev–Trinajstić information content (AvgIpc) is 3.23. The smallest absolute Gasteiger partial charge is 0.264 e. The van der Waals surface area contributed by atoms with Gasteiger partial charge in [-0.1, -0.05) is 30.3 Å². The fraction of sp³-hybridized carbons (Fsp3) is 0.174. The summed E-state index contributed by atoms with van der Waals surface area (Å²) in [5.74, 6) is -0.379. The summed E-state index contributed by atoms with van der Waals surface area (Å²) >= 11 is 1.20. The predicted molar refractivity (Wildman–Crippen MR) is 116 cm³/mol. The van der Waals surface area contributed by atoms with Crippen molar-refractivity contribution in [3.63, 3.8) is 0 Å². The third-order valence-corrected chi connectivity index (χ3v) is 5.90. The molecule has 0 aliphatic heterocycles. The van der Waals surface area contributed by atoms with Crippen LogP contribution in [0.25, 0.3) is 0 Å². The van der Waals surface area contributed by atoms with E-state index < -0.39 is 0 Å². The number of thiophene rings is 1. The summed E-state index contributed by atoms with van der Waals surface area (Å²) in [5.41, 5.74) is 2.14. The number of carbonyl (C=O) groups is 3. The molecule has 3 rings (SSSR count). The van der Waals surface area contributed by atoms with E-state index in [1.54, 1.807) is 36.2 Å². The van der Waals surface area contributed by atoms with E-state index >= 15 is 0 Å². The first kappa shape index (κ1) is 20.5. The summed E-state index contributed by atoms with van der Waals surface area (Å²) in [5, 5.41) is 2.89. The number of carbonyl (C=O) groups excluding carboxylic acids is 3. The number of rotatable bonds is 6. The van der Waals surface area contributed by atoms with Gasteiger partial charge in [-0.25, -0.2) is 0 Å². The molecule has 5 nitrogen and oxygen atoms in total. The fourth-order valence-electron chi connectivity index (χ4n) is 2.88. The Hall–Kier alpha value is -3.25. The molecule has 1 aromatic heterocycles. The number of hydrogen-bond donors (Lipinski definition) is 1. The Morgan fingerprint density at radius 1 is 0.931 bits per heavy atom. The molecule has 0 aliphatic carbocycles. The summed E-state index contributed by atoms with van der Waals surface area (Å²) in [4.78, 5) is 39.4. The molecule has 148 valence electrons. The maximum absolute atomic E-state index is 12.8. The van der Waals surface area contributed by atoms with Gasteiger partial charge in [-0.15, -0.1) is 11.3 Å². The molecule has 0 unspecified atom stereocenters. The van der Waals surface area contributed by atoms with E-state index in [-0.39, 0.29) is 23.6 Å². The van der Waals surface area contributed by atoms with Crippen molar-refractivity contribution >= 4 is 34.6 Å². The minimum atomic E-state index is -0.209. The molecule has 1 N–H and O–H groups in total. The molecule has 0 saturated heterocycles. The number of Topliss-reactive ketones (excluding diaryl/α,β-unsaturated/α-hetero) is 1. The third-order valence-electron chi connectivity index (χ3n) is 4.73. The van der Waals surface area contributed by atoms with E-state index in [1.807, 2.05) is 49.4 Å². The number of nitrogens with zero attached hydrogens (tertiary/aromatic N) is 1. The summed E-state index contributed by atoms with van der Waals surface area (Å²) < 4.78 is 0. The van der Waals surface area contributed by atoms with Gasteiger partial charge in [-0.05, 0) is 55.8 Å². The van der Waals surface area contributed by atoms with Crippen LogP contribution in [0.5, 0.6) is 0 Å². The molecular formula is C23H22N2O3S. The molecule has 0 fully saturated rings. The molecule has 0 spiro atoms. The van der Waals surface area contributed by atoms with Gasteiger partial charge in [-0.2, -0.15) is 0 Å². The van der Waals surface area contributed by atoms with Crippen molar-refractivity contribution in [2.75, 3.05) is 12.4 Å². The quantitative estimate of drug-likeness (QED) is 0.584. The first-order valence-corrected chi connectivity index (χ1v) is 10.0. The van der Waals surface area contributed by atoms with E-state index in [1.165, 1.54) is 18.3 Å². The Morgan fingerprint density at radius 3 is 2.28 bits per heavy atom. The number of hydrogen-bond acceptors (Lipinski definition) is 4. The van der Waals surface area contributed by atoms with Crippen LogP contribution in [0.3, 0.4) is 0 Å². The highest BCUT2D eigenvalue weighted by molar-refractivity contribution is 7.15. The van der Waals surface area contributed by atoms with Crippen LogP contribution in [0.2, 0.25) is 0 Å². The minimum absolute atomic E-state index is 0.0494.